The van der Waals surface area contributed by atoms with Crippen LogP contribution in [0.5, 0.6) is 0 Å². The monoisotopic (exact) mass is 279 g/mol. The summed E-state index contributed by atoms with van der Waals surface area (Å²) >= 11 is 0. The molecule has 5 nitrogen and oxygen atoms in total. The topological polar surface area (TPSA) is 67.1 Å². The molecule has 5 heteroatoms. The van der Waals surface area contributed by atoms with Crippen molar-refractivity contribution in [2.24, 2.45) is 5.84 Å². The Morgan fingerprint density at radius 2 is 1.90 bits per heavy atom. The van der Waals surface area contributed by atoms with E-state index in [1.165, 1.54) is 10.8 Å². The van der Waals surface area contributed by atoms with Gasteiger partial charge in [0, 0.05) is 11.9 Å². The highest BCUT2D eigenvalue weighted by Crippen LogP contribution is 2.31. The van der Waals surface area contributed by atoms with Gasteiger partial charge < -0.3 is 10.3 Å². The summed E-state index contributed by atoms with van der Waals surface area (Å²) in [6.45, 7) is 2.88. The lowest BCUT2D eigenvalue weighted by atomic mass is 10.1. The number of aromatic nitrogens is 2. The van der Waals surface area contributed by atoms with Crippen LogP contribution in [0.15, 0.2) is 54.9 Å². The zero-order chi connectivity index (χ0) is 14.7. The van der Waals surface area contributed by atoms with Crippen molar-refractivity contribution in [2.45, 2.75) is 6.92 Å². The van der Waals surface area contributed by atoms with Crippen LogP contribution in [-0.2, 0) is 0 Å². The number of hydrogen-bond acceptors (Lipinski definition) is 5. The Morgan fingerprint density at radius 1 is 1.10 bits per heavy atom. The fraction of sp³-hybridized carbons (Fsp3) is 0.125. The van der Waals surface area contributed by atoms with Crippen LogP contribution in [0.1, 0.15) is 6.92 Å². The first-order valence-corrected chi connectivity index (χ1v) is 6.87. The molecule has 0 aliphatic rings. The first-order valence-electron chi connectivity index (χ1n) is 6.87. The molecule has 106 valence electrons. The van der Waals surface area contributed by atoms with Crippen LogP contribution in [-0.4, -0.2) is 16.5 Å². The molecule has 0 aliphatic carbocycles. The molecule has 0 bridgehead atoms. The van der Waals surface area contributed by atoms with Gasteiger partial charge in [0.2, 0.25) is 0 Å². The molecule has 3 rings (SSSR count). The van der Waals surface area contributed by atoms with Gasteiger partial charge in [0.1, 0.15) is 0 Å². The van der Waals surface area contributed by atoms with Crippen LogP contribution in [0, 0.1) is 0 Å². The van der Waals surface area contributed by atoms with E-state index in [0.717, 1.165) is 18.1 Å². The van der Waals surface area contributed by atoms with Gasteiger partial charge >= 0.3 is 0 Å². The van der Waals surface area contributed by atoms with Gasteiger partial charge in [0.15, 0.2) is 11.6 Å². The maximum absolute atomic E-state index is 5.42. The molecule has 2 aromatic carbocycles. The smallest absolute Gasteiger partial charge is 0.160 e. The van der Waals surface area contributed by atoms with Crippen molar-refractivity contribution in [1.29, 1.82) is 0 Å². The summed E-state index contributed by atoms with van der Waals surface area (Å²) in [6, 6.07) is 14.6. The molecule has 3 aromatic rings. The lowest BCUT2D eigenvalue weighted by Crippen LogP contribution is -2.19. The maximum atomic E-state index is 5.42. The van der Waals surface area contributed by atoms with Crippen molar-refractivity contribution < 1.29 is 0 Å². The van der Waals surface area contributed by atoms with Crippen LogP contribution in [0.25, 0.3) is 10.8 Å². The largest absolute Gasteiger partial charge is 0.325 e. The van der Waals surface area contributed by atoms with Crippen LogP contribution in [0.2, 0.25) is 0 Å². The van der Waals surface area contributed by atoms with Gasteiger partial charge in [-0.2, -0.15) is 0 Å². The van der Waals surface area contributed by atoms with Gasteiger partial charge in [-0.3, -0.25) is 4.98 Å². The highest BCUT2D eigenvalue weighted by molar-refractivity contribution is 5.95. The first kappa shape index (κ1) is 13.3. The van der Waals surface area contributed by atoms with Gasteiger partial charge in [-0.05, 0) is 18.4 Å². The quantitative estimate of drug-likeness (QED) is 0.567. The number of nitrogen functional groups attached to an aromatic ring is 1. The Balaban J connectivity index is 2.13. The number of benzene rings is 2. The van der Waals surface area contributed by atoms with E-state index in [1.807, 2.05) is 12.1 Å². The molecule has 0 saturated heterocycles. The summed E-state index contributed by atoms with van der Waals surface area (Å²) in [6.07, 6.45) is 3.34. The number of fused-ring (bicyclic) bond motifs is 1. The second kappa shape index (κ2) is 5.76. The molecular weight excluding hydrogens is 262 g/mol. The maximum Gasteiger partial charge on any atom is 0.160 e. The summed E-state index contributed by atoms with van der Waals surface area (Å²) < 4.78 is 0. The number of nitrogens with one attached hydrogen (secondary N) is 1. The van der Waals surface area contributed by atoms with Crippen molar-refractivity contribution in [3.63, 3.8) is 0 Å². The highest BCUT2D eigenvalue weighted by Gasteiger charge is 2.12. The molecule has 1 heterocycles. The van der Waals surface area contributed by atoms with E-state index in [1.54, 1.807) is 12.4 Å². The third kappa shape index (κ3) is 2.51. The normalized spacial score (nSPS) is 10.6. The van der Waals surface area contributed by atoms with E-state index in [0.29, 0.717) is 5.82 Å². The molecule has 0 spiro atoms. The number of rotatable bonds is 4. The minimum atomic E-state index is 0.547. The van der Waals surface area contributed by atoms with E-state index in [9.17, 15) is 0 Å². The molecule has 0 fully saturated rings. The predicted octanol–water partition coefficient (Wildman–Crippen LogP) is 3.07. The van der Waals surface area contributed by atoms with E-state index >= 15 is 0 Å². The molecule has 0 unspecified atom stereocenters. The number of anilines is 3. The summed E-state index contributed by atoms with van der Waals surface area (Å²) in [5, 5.41) is 2.39. The summed E-state index contributed by atoms with van der Waals surface area (Å²) in [5.41, 5.74) is 3.64. The predicted molar refractivity (Wildman–Crippen MR) is 86.5 cm³/mol. The Hall–Kier alpha value is -2.66. The van der Waals surface area contributed by atoms with Crippen LogP contribution >= 0.6 is 0 Å². The van der Waals surface area contributed by atoms with Crippen LogP contribution < -0.4 is 16.2 Å². The first-order chi connectivity index (χ1) is 10.3. The molecule has 0 aliphatic heterocycles. The number of hydrazine groups is 1. The molecule has 1 aromatic heterocycles. The third-order valence-electron chi connectivity index (χ3n) is 3.42. The van der Waals surface area contributed by atoms with E-state index in [-0.39, 0.29) is 0 Å². The Kier molecular flexibility index (Phi) is 3.66. The minimum Gasteiger partial charge on any atom is -0.325 e. The number of nitrogens with zero attached hydrogens (tertiary/aromatic N) is 3. The fourth-order valence-corrected chi connectivity index (χ4v) is 2.45. The summed E-state index contributed by atoms with van der Waals surface area (Å²) in [4.78, 5) is 10.8. The second-order valence-electron chi connectivity index (χ2n) is 4.65. The molecule has 0 radical (unpaired) electrons. The van der Waals surface area contributed by atoms with Crippen molar-refractivity contribution in [1.82, 2.24) is 9.97 Å². The Morgan fingerprint density at radius 3 is 2.71 bits per heavy atom. The highest BCUT2D eigenvalue weighted by atomic mass is 15.3. The van der Waals surface area contributed by atoms with Gasteiger partial charge in [0.05, 0.1) is 18.1 Å². The van der Waals surface area contributed by atoms with Crippen molar-refractivity contribution in [3.8, 4) is 0 Å². The van der Waals surface area contributed by atoms with Gasteiger partial charge in [-0.25, -0.2) is 10.8 Å². The standard InChI is InChI=1S/C16H17N5/c1-2-21(16-11-18-10-15(19-16)20-17)14-9-5-7-12-6-3-4-8-13(12)14/h3-11H,2,17H2,1H3,(H,19,20). The lowest BCUT2D eigenvalue weighted by Gasteiger charge is -2.23. The zero-order valence-corrected chi connectivity index (χ0v) is 11.8. The van der Waals surface area contributed by atoms with Gasteiger partial charge in [0.25, 0.3) is 0 Å². The lowest BCUT2D eigenvalue weighted by molar-refractivity contribution is 0.979. The zero-order valence-electron chi connectivity index (χ0n) is 11.8. The van der Waals surface area contributed by atoms with Crippen molar-refractivity contribution in [3.05, 3.63) is 54.9 Å². The molecule has 21 heavy (non-hydrogen) atoms. The van der Waals surface area contributed by atoms with E-state index < -0.39 is 0 Å². The van der Waals surface area contributed by atoms with E-state index in [2.05, 4.69) is 57.5 Å². The summed E-state index contributed by atoms with van der Waals surface area (Å²) in [5.74, 6) is 6.73. The number of nitrogens with two attached hydrogens (primary N) is 1. The average molecular weight is 279 g/mol. The van der Waals surface area contributed by atoms with Crippen molar-refractivity contribution in [2.75, 3.05) is 16.9 Å². The summed E-state index contributed by atoms with van der Waals surface area (Å²) in [7, 11) is 0. The fourth-order valence-electron chi connectivity index (χ4n) is 2.45. The molecule has 0 saturated carbocycles. The van der Waals surface area contributed by atoms with Gasteiger partial charge in [-0.15, -0.1) is 0 Å². The molecule has 0 atom stereocenters. The van der Waals surface area contributed by atoms with Crippen LogP contribution in [0.3, 0.4) is 0 Å². The van der Waals surface area contributed by atoms with Crippen molar-refractivity contribution >= 4 is 28.1 Å². The molecular formula is C16H17N5. The minimum absolute atomic E-state index is 0.547. The Bertz CT molecular complexity index is 751. The van der Waals surface area contributed by atoms with E-state index in [4.69, 9.17) is 5.84 Å². The van der Waals surface area contributed by atoms with Gasteiger partial charge in [-0.1, -0.05) is 36.4 Å². The van der Waals surface area contributed by atoms with Crippen LogP contribution in [0.4, 0.5) is 17.3 Å². The molecule has 0 amide bonds. The SMILES string of the molecule is CCN(c1cncc(NN)n1)c1cccc2ccccc12. The third-order valence-corrected chi connectivity index (χ3v) is 3.42. The average Bonchev–Trinajstić information content (AvgIpc) is 2.56. The number of hydrogen-bond donors (Lipinski definition) is 2. The molecule has 3 N–H and O–H groups in total. The second-order valence-corrected chi connectivity index (χ2v) is 4.65. The Labute approximate surface area is 123 Å².